The van der Waals surface area contributed by atoms with Gasteiger partial charge in [0.2, 0.25) is 5.91 Å². The molecule has 4 rings (SSSR count). The summed E-state index contributed by atoms with van der Waals surface area (Å²) in [5.74, 6) is 0.513. The summed E-state index contributed by atoms with van der Waals surface area (Å²) in [5.41, 5.74) is 0.379. The summed E-state index contributed by atoms with van der Waals surface area (Å²) in [6, 6.07) is 7.91. The second-order valence-corrected chi connectivity index (χ2v) is 7.07. The van der Waals surface area contributed by atoms with Crippen LogP contribution in [-0.4, -0.2) is 51.5 Å². The Bertz CT molecular complexity index is 830. The summed E-state index contributed by atoms with van der Waals surface area (Å²) < 4.78 is 1.27. The molecule has 1 aliphatic carbocycles. The van der Waals surface area contributed by atoms with Crippen LogP contribution in [-0.2, 0) is 11.3 Å². The summed E-state index contributed by atoms with van der Waals surface area (Å²) >= 11 is 0. The lowest BCUT2D eigenvalue weighted by Gasteiger charge is -2.15. The highest BCUT2D eigenvalue weighted by Gasteiger charge is 2.34. The molecule has 1 amide bonds. The molecule has 1 aliphatic heterocycles. The van der Waals surface area contributed by atoms with E-state index in [1.54, 1.807) is 18.2 Å². The van der Waals surface area contributed by atoms with E-state index in [4.69, 9.17) is 0 Å². The number of likely N-dealkylation sites (tertiary alicyclic amines) is 1. The Morgan fingerprint density at radius 3 is 2.92 bits per heavy atom. The van der Waals surface area contributed by atoms with Crippen LogP contribution in [0.2, 0.25) is 0 Å². The maximum Gasteiger partial charge on any atom is 0.277 e. The highest BCUT2D eigenvalue weighted by Crippen LogP contribution is 2.31. The molecule has 1 aromatic carbocycles. The number of nitrogens with one attached hydrogen (secondary N) is 1. The van der Waals surface area contributed by atoms with Crippen molar-refractivity contribution in [1.29, 1.82) is 0 Å². The van der Waals surface area contributed by atoms with E-state index in [1.807, 2.05) is 6.07 Å². The normalized spacial score (nSPS) is 20.9. The molecule has 2 aromatic rings. The van der Waals surface area contributed by atoms with Crippen molar-refractivity contribution in [2.45, 2.75) is 38.3 Å². The van der Waals surface area contributed by atoms with Crippen LogP contribution in [0.15, 0.2) is 29.1 Å². The first kappa shape index (κ1) is 16.2. The number of carbonyl (C=O) groups excluding carboxylic acids is 1. The molecule has 2 aliphatic rings. The molecule has 1 saturated carbocycles. The molecular weight excluding hydrogens is 318 g/mol. The fourth-order valence-electron chi connectivity index (χ4n) is 3.52. The van der Waals surface area contributed by atoms with E-state index in [0.29, 0.717) is 16.8 Å². The maximum absolute atomic E-state index is 12.3. The van der Waals surface area contributed by atoms with Gasteiger partial charge in [-0.15, -0.1) is 5.10 Å². The molecule has 1 N–H and O–H groups in total. The zero-order valence-corrected chi connectivity index (χ0v) is 14.2. The summed E-state index contributed by atoms with van der Waals surface area (Å²) in [5, 5.41) is 11.5. The minimum Gasteiger partial charge on any atom is -0.356 e. The third-order valence-corrected chi connectivity index (χ3v) is 5.15. The molecule has 1 aromatic heterocycles. The maximum atomic E-state index is 12.3. The predicted molar refractivity (Wildman–Crippen MR) is 94.1 cm³/mol. The van der Waals surface area contributed by atoms with Crippen LogP contribution in [0, 0.1) is 5.92 Å². The Labute approximate surface area is 146 Å². The molecule has 0 spiro atoms. The number of fused-ring (bicyclic) bond motifs is 1. The van der Waals surface area contributed by atoms with Gasteiger partial charge < -0.3 is 10.2 Å². The average molecular weight is 341 g/mol. The number of aryl methyl sites for hydroxylation is 1. The molecule has 0 radical (unpaired) electrons. The van der Waals surface area contributed by atoms with Gasteiger partial charge in [0.1, 0.15) is 5.52 Å². The van der Waals surface area contributed by atoms with Gasteiger partial charge in [-0.1, -0.05) is 17.3 Å². The molecule has 7 heteroatoms. The molecule has 2 fully saturated rings. The molecule has 0 bridgehead atoms. The van der Waals surface area contributed by atoms with Crippen LogP contribution in [0.5, 0.6) is 0 Å². The predicted octanol–water partition coefficient (Wildman–Crippen LogP) is 0.782. The van der Waals surface area contributed by atoms with E-state index < -0.39 is 0 Å². The first-order valence-corrected chi connectivity index (χ1v) is 9.04. The van der Waals surface area contributed by atoms with Crippen molar-refractivity contribution in [2.24, 2.45) is 5.92 Å². The molecule has 1 atom stereocenters. The fraction of sp³-hybridized carbons (Fsp3) is 0.556. The second-order valence-electron chi connectivity index (χ2n) is 7.07. The Morgan fingerprint density at radius 2 is 2.08 bits per heavy atom. The number of benzene rings is 1. The van der Waals surface area contributed by atoms with Crippen LogP contribution in [0.3, 0.4) is 0 Å². The van der Waals surface area contributed by atoms with Gasteiger partial charge >= 0.3 is 0 Å². The Kier molecular flexibility index (Phi) is 4.48. The van der Waals surface area contributed by atoms with E-state index in [2.05, 4.69) is 20.5 Å². The molecule has 0 unspecified atom stereocenters. The number of hydrogen-bond donors (Lipinski definition) is 1. The largest absolute Gasteiger partial charge is 0.356 e. The minimum absolute atomic E-state index is 0.0354. The molecule has 7 nitrogen and oxygen atoms in total. The zero-order chi connectivity index (χ0) is 17.2. The zero-order valence-electron chi connectivity index (χ0n) is 14.2. The number of aromatic nitrogens is 3. The van der Waals surface area contributed by atoms with Gasteiger partial charge in [0.05, 0.1) is 11.9 Å². The standard InChI is InChI=1S/C18H23N5O2/c24-17(19-11-13-7-9-22(12-13)14-5-6-14)8-10-23-18(25)15-3-1-2-4-16(15)20-21-23/h1-4,13-14H,5-12H2,(H,19,24)/t13-/m1/s1. The minimum atomic E-state index is -0.200. The summed E-state index contributed by atoms with van der Waals surface area (Å²) in [6.45, 7) is 3.23. The highest BCUT2D eigenvalue weighted by molar-refractivity contribution is 5.77. The molecule has 2 heterocycles. The smallest absolute Gasteiger partial charge is 0.277 e. The molecule has 1 saturated heterocycles. The van der Waals surface area contributed by atoms with Crippen molar-refractivity contribution in [1.82, 2.24) is 25.2 Å². The first-order chi connectivity index (χ1) is 12.2. The quantitative estimate of drug-likeness (QED) is 0.840. The number of nitrogens with zero attached hydrogens (tertiary/aromatic N) is 4. The first-order valence-electron chi connectivity index (χ1n) is 9.04. The van der Waals surface area contributed by atoms with Gasteiger partial charge in [0.15, 0.2) is 0 Å². The van der Waals surface area contributed by atoms with E-state index in [9.17, 15) is 9.59 Å². The molecule has 25 heavy (non-hydrogen) atoms. The molecule has 132 valence electrons. The topological polar surface area (TPSA) is 80.1 Å². The number of carbonyl (C=O) groups is 1. The Hall–Kier alpha value is -2.28. The van der Waals surface area contributed by atoms with Crippen molar-refractivity contribution in [3.63, 3.8) is 0 Å². The lowest BCUT2D eigenvalue weighted by Crippen LogP contribution is -2.33. The van der Waals surface area contributed by atoms with Crippen LogP contribution < -0.4 is 10.9 Å². The van der Waals surface area contributed by atoms with Crippen molar-refractivity contribution in [3.05, 3.63) is 34.6 Å². The van der Waals surface area contributed by atoms with Gasteiger partial charge in [-0.2, -0.15) is 0 Å². The number of hydrogen-bond acceptors (Lipinski definition) is 5. The van der Waals surface area contributed by atoms with E-state index in [-0.39, 0.29) is 24.4 Å². The third-order valence-electron chi connectivity index (χ3n) is 5.15. The van der Waals surface area contributed by atoms with Crippen molar-refractivity contribution >= 4 is 16.8 Å². The Morgan fingerprint density at radius 1 is 1.24 bits per heavy atom. The van der Waals surface area contributed by atoms with E-state index in [0.717, 1.165) is 32.1 Å². The lowest BCUT2D eigenvalue weighted by molar-refractivity contribution is -0.121. The number of rotatable bonds is 6. The number of amides is 1. The van der Waals surface area contributed by atoms with Crippen LogP contribution in [0.1, 0.15) is 25.7 Å². The summed E-state index contributed by atoms with van der Waals surface area (Å²) in [6.07, 6.45) is 4.07. The van der Waals surface area contributed by atoms with Crippen molar-refractivity contribution < 1.29 is 4.79 Å². The van der Waals surface area contributed by atoms with Gasteiger partial charge in [0.25, 0.3) is 5.56 Å². The van der Waals surface area contributed by atoms with Crippen LogP contribution in [0.4, 0.5) is 0 Å². The Balaban J connectivity index is 1.27. The van der Waals surface area contributed by atoms with Crippen molar-refractivity contribution in [3.8, 4) is 0 Å². The summed E-state index contributed by atoms with van der Waals surface area (Å²) in [7, 11) is 0. The van der Waals surface area contributed by atoms with Gasteiger partial charge in [0, 0.05) is 25.6 Å². The average Bonchev–Trinajstić information content (AvgIpc) is 3.38. The van der Waals surface area contributed by atoms with E-state index >= 15 is 0 Å². The fourth-order valence-corrected chi connectivity index (χ4v) is 3.52. The summed E-state index contributed by atoms with van der Waals surface area (Å²) in [4.78, 5) is 27.0. The SMILES string of the molecule is O=C(CCn1nnc2ccccc2c1=O)NC[C@H]1CCN(C2CC2)C1. The van der Waals surface area contributed by atoms with E-state index in [1.165, 1.54) is 17.5 Å². The van der Waals surface area contributed by atoms with Gasteiger partial charge in [-0.3, -0.25) is 9.59 Å². The monoisotopic (exact) mass is 341 g/mol. The van der Waals surface area contributed by atoms with Crippen molar-refractivity contribution in [2.75, 3.05) is 19.6 Å². The lowest BCUT2D eigenvalue weighted by atomic mass is 10.1. The second kappa shape index (κ2) is 6.92. The van der Waals surface area contributed by atoms with Crippen LogP contribution >= 0.6 is 0 Å². The van der Waals surface area contributed by atoms with Gasteiger partial charge in [-0.25, -0.2) is 4.68 Å². The molecular formula is C18H23N5O2. The van der Waals surface area contributed by atoms with Gasteiger partial charge in [-0.05, 0) is 43.9 Å². The third kappa shape index (κ3) is 3.71. The highest BCUT2D eigenvalue weighted by atomic mass is 16.2. The van der Waals surface area contributed by atoms with Crippen LogP contribution in [0.25, 0.3) is 10.9 Å².